The molecule has 0 radical (unpaired) electrons. The molecule has 1 N–H and O–H groups in total. The summed E-state index contributed by atoms with van der Waals surface area (Å²) in [6.07, 6.45) is 5.05. The fourth-order valence-corrected chi connectivity index (χ4v) is 2.78. The minimum Gasteiger partial charge on any atom is -0.396 e. The maximum atomic E-state index is 11.4. The van der Waals surface area contributed by atoms with Gasteiger partial charge in [-0.25, -0.2) is 8.42 Å². The van der Waals surface area contributed by atoms with Crippen LogP contribution in [0, 0.1) is 0 Å². The van der Waals surface area contributed by atoms with Crippen molar-refractivity contribution in [2.75, 3.05) is 18.1 Å². The summed E-state index contributed by atoms with van der Waals surface area (Å²) >= 11 is 0. The molecule has 4 heteroatoms. The molecule has 0 aliphatic carbocycles. The zero-order chi connectivity index (χ0) is 10.9. The molecule has 3 nitrogen and oxygen atoms in total. The van der Waals surface area contributed by atoms with Crippen LogP contribution in [0.15, 0.2) is 0 Å². The molecule has 0 aliphatic heterocycles. The molecule has 0 rings (SSSR count). The lowest BCUT2D eigenvalue weighted by molar-refractivity contribution is 0.284. The van der Waals surface area contributed by atoms with Gasteiger partial charge in [0, 0.05) is 6.61 Å². The minimum absolute atomic E-state index is 0.163. The van der Waals surface area contributed by atoms with E-state index in [2.05, 4.69) is 6.92 Å². The second-order valence-corrected chi connectivity index (χ2v) is 5.95. The Hall–Kier alpha value is -0.0900. The van der Waals surface area contributed by atoms with Crippen molar-refractivity contribution in [1.29, 1.82) is 0 Å². The Morgan fingerprint density at radius 3 is 2.00 bits per heavy atom. The van der Waals surface area contributed by atoms with Crippen LogP contribution in [-0.4, -0.2) is 31.6 Å². The summed E-state index contributed by atoms with van der Waals surface area (Å²) in [6.45, 7) is 2.23. The quantitative estimate of drug-likeness (QED) is 0.605. The molecule has 0 aromatic carbocycles. The highest BCUT2D eigenvalue weighted by molar-refractivity contribution is 7.91. The average Bonchev–Trinajstić information content (AvgIpc) is 2.13. The Morgan fingerprint density at radius 1 is 0.929 bits per heavy atom. The predicted octanol–water partition coefficient (Wildman–Crippen LogP) is 1.75. The van der Waals surface area contributed by atoms with Crippen LogP contribution in [0.3, 0.4) is 0 Å². The molecule has 0 saturated carbocycles. The molecular weight excluding hydrogens is 200 g/mol. The number of unbranched alkanes of at least 4 members (excludes halogenated alkanes) is 4. The molecule has 0 spiro atoms. The van der Waals surface area contributed by atoms with Gasteiger partial charge in [-0.3, -0.25) is 0 Å². The molecule has 0 heterocycles. The van der Waals surface area contributed by atoms with E-state index in [1.165, 1.54) is 0 Å². The topological polar surface area (TPSA) is 54.4 Å². The first-order valence-electron chi connectivity index (χ1n) is 5.43. The van der Waals surface area contributed by atoms with E-state index in [0.717, 1.165) is 25.7 Å². The zero-order valence-corrected chi connectivity index (χ0v) is 9.85. The van der Waals surface area contributed by atoms with E-state index in [1.807, 2.05) is 0 Å². The van der Waals surface area contributed by atoms with Crippen LogP contribution >= 0.6 is 0 Å². The van der Waals surface area contributed by atoms with E-state index in [4.69, 9.17) is 5.11 Å². The molecular formula is C10H22O3S. The van der Waals surface area contributed by atoms with Gasteiger partial charge in [0.15, 0.2) is 0 Å². The summed E-state index contributed by atoms with van der Waals surface area (Å²) in [4.78, 5) is 0. The molecule has 14 heavy (non-hydrogen) atoms. The average molecular weight is 222 g/mol. The standard InChI is InChI=1S/C10H22O3S/c1-2-3-6-9-14(12,13)10-7-4-5-8-11/h11H,2-10H2,1H3. The lowest BCUT2D eigenvalue weighted by atomic mass is 10.3. The smallest absolute Gasteiger partial charge is 0.150 e. The molecule has 0 bridgehead atoms. The number of aliphatic hydroxyl groups is 1. The Kier molecular flexibility index (Phi) is 8.18. The summed E-state index contributed by atoms with van der Waals surface area (Å²) in [7, 11) is -2.82. The first-order valence-corrected chi connectivity index (χ1v) is 7.26. The zero-order valence-electron chi connectivity index (χ0n) is 9.04. The summed E-state index contributed by atoms with van der Waals surface area (Å²) in [6, 6.07) is 0. The van der Waals surface area contributed by atoms with Crippen molar-refractivity contribution in [3.63, 3.8) is 0 Å². The van der Waals surface area contributed by atoms with Crippen molar-refractivity contribution < 1.29 is 13.5 Å². The van der Waals surface area contributed by atoms with Gasteiger partial charge < -0.3 is 5.11 Å². The van der Waals surface area contributed by atoms with Gasteiger partial charge in [0.05, 0.1) is 11.5 Å². The van der Waals surface area contributed by atoms with Gasteiger partial charge in [-0.15, -0.1) is 0 Å². The summed E-state index contributed by atoms with van der Waals surface area (Å²) in [5.74, 6) is 0.622. The lowest BCUT2D eigenvalue weighted by Gasteiger charge is -2.03. The van der Waals surface area contributed by atoms with E-state index in [-0.39, 0.29) is 12.4 Å². The Bertz CT molecular complexity index is 209. The van der Waals surface area contributed by atoms with E-state index >= 15 is 0 Å². The third-order valence-electron chi connectivity index (χ3n) is 2.17. The van der Waals surface area contributed by atoms with E-state index in [1.54, 1.807) is 0 Å². The Balaban J connectivity index is 3.52. The molecule has 0 saturated heterocycles. The number of hydrogen-bond acceptors (Lipinski definition) is 3. The third kappa shape index (κ3) is 8.51. The van der Waals surface area contributed by atoms with Gasteiger partial charge >= 0.3 is 0 Å². The van der Waals surface area contributed by atoms with Crippen LogP contribution < -0.4 is 0 Å². The molecule has 0 unspecified atom stereocenters. The number of aliphatic hydroxyl groups excluding tert-OH is 1. The van der Waals surface area contributed by atoms with Crippen molar-refractivity contribution in [2.24, 2.45) is 0 Å². The first-order chi connectivity index (χ1) is 6.62. The molecule has 0 atom stereocenters. The molecule has 0 aliphatic rings. The second-order valence-electron chi connectivity index (χ2n) is 3.64. The van der Waals surface area contributed by atoms with Crippen molar-refractivity contribution in [3.05, 3.63) is 0 Å². The third-order valence-corrected chi connectivity index (χ3v) is 3.99. The van der Waals surface area contributed by atoms with Gasteiger partial charge in [0.25, 0.3) is 0 Å². The molecule has 86 valence electrons. The van der Waals surface area contributed by atoms with Crippen molar-refractivity contribution in [2.45, 2.75) is 45.4 Å². The van der Waals surface area contributed by atoms with Crippen LogP contribution in [0.2, 0.25) is 0 Å². The van der Waals surface area contributed by atoms with Gasteiger partial charge in [-0.1, -0.05) is 26.2 Å². The van der Waals surface area contributed by atoms with E-state index < -0.39 is 9.84 Å². The molecule has 0 amide bonds. The maximum Gasteiger partial charge on any atom is 0.150 e. The van der Waals surface area contributed by atoms with E-state index in [9.17, 15) is 8.42 Å². The normalized spacial score (nSPS) is 11.9. The molecule has 0 fully saturated rings. The predicted molar refractivity (Wildman–Crippen MR) is 59.1 cm³/mol. The van der Waals surface area contributed by atoms with Crippen LogP contribution in [0.1, 0.15) is 45.4 Å². The number of rotatable bonds is 9. The first kappa shape index (κ1) is 13.9. The fraction of sp³-hybridized carbons (Fsp3) is 1.00. The largest absolute Gasteiger partial charge is 0.396 e. The monoisotopic (exact) mass is 222 g/mol. The number of sulfone groups is 1. The van der Waals surface area contributed by atoms with Gasteiger partial charge in [-0.05, 0) is 19.3 Å². The van der Waals surface area contributed by atoms with Gasteiger partial charge in [-0.2, -0.15) is 0 Å². The maximum absolute atomic E-state index is 11.4. The number of hydrogen-bond donors (Lipinski definition) is 1. The van der Waals surface area contributed by atoms with Crippen molar-refractivity contribution in [3.8, 4) is 0 Å². The summed E-state index contributed by atoms with van der Waals surface area (Å²) in [5.41, 5.74) is 0. The van der Waals surface area contributed by atoms with Crippen LogP contribution in [-0.2, 0) is 9.84 Å². The van der Waals surface area contributed by atoms with Crippen molar-refractivity contribution in [1.82, 2.24) is 0 Å². The minimum atomic E-state index is -2.82. The van der Waals surface area contributed by atoms with E-state index in [0.29, 0.717) is 18.6 Å². The highest BCUT2D eigenvalue weighted by Crippen LogP contribution is 2.04. The van der Waals surface area contributed by atoms with Gasteiger partial charge in [0.2, 0.25) is 0 Å². The van der Waals surface area contributed by atoms with Crippen LogP contribution in [0.5, 0.6) is 0 Å². The molecule has 0 aromatic rings. The Labute approximate surface area is 87.4 Å². The van der Waals surface area contributed by atoms with Crippen LogP contribution in [0.25, 0.3) is 0 Å². The summed E-state index contributed by atoms with van der Waals surface area (Å²) < 4.78 is 22.8. The Morgan fingerprint density at radius 2 is 1.50 bits per heavy atom. The lowest BCUT2D eigenvalue weighted by Crippen LogP contribution is -2.11. The second kappa shape index (κ2) is 8.24. The molecule has 0 aromatic heterocycles. The highest BCUT2D eigenvalue weighted by Gasteiger charge is 2.08. The van der Waals surface area contributed by atoms with Crippen molar-refractivity contribution >= 4 is 9.84 Å². The fourth-order valence-electron chi connectivity index (χ4n) is 1.28. The SMILES string of the molecule is CCCCCS(=O)(=O)CCCCCO. The van der Waals surface area contributed by atoms with Crippen LogP contribution in [0.4, 0.5) is 0 Å². The summed E-state index contributed by atoms with van der Waals surface area (Å²) in [5, 5.41) is 8.52. The highest BCUT2D eigenvalue weighted by atomic mass is 32.2. The van der Waals surface area contributed by atoms with Gasteiger partial charge in [0.1, 0.15) is 9.84 Å².